The molecule has 29 heavy (non-hydrogen) atoms. The van der Waals surface area contributed by atoms with Crippen molar-refractivity contribution in [2.45, 2.75) is 45.8 Å². The first kappa shape index (κ1) is 20.0. The van der Waals surface area contributed by atoms with Gasteiger partial charge >= 0.3 is 0 Å². The molecule has 4 rings (SSSR count). The van der Waals surface area contributed by atoms with Gasteiger partial charge in [0, 0.05) is 36.4 Å². The molecule has 0 saturated carbocycles. The molecule has 2 aromatic rings. The van der Waals surface area contributed by atoms with Crippen molar-refractivity contribution in [3.8, 4) is 0 Å². The zero-order valence-electron chi connectivity index (χ0n) is 18.5. The molecule has 2 aliphatic rings. The van der Waals surface area contributed by atoms with Gasteiger partial charge in [0.25, 0.3) is 0 Å². The Morgan fingerprint density at radius 1 is 1.10 bits per heavy atom. The number of rotatable bonds is 6. The first-order valence-corrected chi connectivity index (χ1v) is 10.9. The fraction of sp³-hybridized carbons (Fsp3) is 0.462. The normalized spacial score (nSPS) is 22.3. The van der Waals surface area contributed by atoms with E-state index in [2.05, 4.69) is 105 Å². The molecular weight excluding hydrogens is 356 g/mol. The second kappa shape index (κ2) is 7.53. The van der Waals surface area contributed by atoms with Crippen LogP contribution in [0.3, 0.4) is 0 Å². The lowest BCUT2D eigenvalue weighted by Gasteiger charge is -2.39. The Morgan fingerprint density at radius 2 is 1.83 bits per heavy atom. The molecule has 2 aromatic carbocycles. The van der Waals surface area contributed by atoms with Crippen molar-refractivity contribution in [2.24, 2.45) is 5.92 Å². The average molecular weight is 391 g/mol. The van der Waals surface area contributed by atoms with Gasteiger partial charge in [0.15, 0.2) is 5.72 Å². The molecule has 0 amide bonds. The number of anilines is 2. The highest BCUT2D eigenvalue weighted by Crippen LogP contribution is 2.54. The lowest BCUT2D eigenvalue weighted by atomic mass is 9.77. The molecule has 2 heterocycles. The summed E-state index contributed by atoms with van der Waals surface area (Å²) in [6.45, 7) is 15.2. The molecule has 1 unspecified atom stereocenters. The topological polar surface area (TPSA) is 15.7 Å². The van der Waals surface area contributed by atoms with Gasteiger partial charge < -0.3 is 14.5 Å². The summed E-state index contributed by atoms with van der Waals surface area (Å²) in [4.78, 5) is 4.88. The predicted molar refractivity (Wildman–Crippen MR) is 124 cm³/mol. The van der Waals surface area contributed by atoms with Gasteiger partial charge in [-0.15, -0.1) is 0 Å². The Morgan fingerprint density at radius 3 is 2.52 bits per heavy atom. The summed E-state index contributed by atoms with van der Waals surface area (Å²) < 4.78 is 6.44. The van der Waals surface area contributed by atoms with E-state index in [4.69, 9.17) is 4.74 Å². The van der Waals surface area contributed by atoms with Gasteiger partial charge in [-0.05, 0) is 48.2 Å². The van der Waals surface area contributed by atoms with E-state index in [-0.39, 0.29) is 5.41 Å². The summed E-state index contributed by atoms with van der Waals surface area (Å²) in [5, 5.41) is 0. The van der Waals surface area contributed by atoms with Crippen molar-refractivity contribution in [1.82, 2.24) is 0 Å². The summed E-state index contributed by atoms with van der Waals surface area (Å²) in [6, 6.07) is 17.7. The first-order valence-electron chi connectivity index (χ1n) is 10.9. The third-order valence-electron chi connectivity index (χ3n) is 6.53. The van der Waals surface area contributed by atoms with Crippen LogP contribution in [0.4, 0.5) is 11.4 Å². The summed E-state index contributed by atoms with van der Waals surface area (Å²) in [6.07, 6.45) is 4.51. The van der Waals surface area contributed by atoms with E-state index >= 15 is 0 Å². The first-order chi connectivity index (χ1) is 13.9. The number of fused-ring (bicyclic) bond motifs is 3. The van der Waals surface area contributed by atoms with Gasteiger partial charge in [-0.3, -0.25) is 0 Å². The van der Waals surface area contributed by atoms with Crippen LogP contribution in [0.2, 0.25) is 0 Å². The maximum atomic E-state index is 6.44. The third kappa shape index (κ3) is 3.26. The van der Waals surface area contributed by atoms with Crippen LogP contribution in [0.1, 0.15) is 45.7 Å². The molecular formula is C26H34N2O. The lowest BCUT2D eigenvalue weighted by molar-refractivity contribution is 0.000337. The predicted octanol–water partition coefficient (Wildman–Crippen LogP) is 5.71. The molecule has 1 saturated heterocycles. The van der Waals surface area contributed by atoms with Crippen molar-refractivity contribution >= 4 is 17.5 Å². The molecule has 3 nitrogen and oxygen atoms in total. The Hall–Kier alpha value is -2.26. The fourth-order valence-corrected chi connectivity index (χ4v) is 4.99. The monoisotopic (exact) mass is 390 g/mol. The van der Waals surface area contributed by atoms with Gasteiger partial charge in [-0.2, -0.15) is 0 Å². The van der Waals surface area contributed by atoms with Crippen LogP contribution < -0.4 is 9.80 Å². The van der Waals surface area contributed by atoms with Gasteiger partial charge in [-0.1, -0.05) is 64.1 Å². The minimum atomic E-state index is -0.414. The molecule has 0 spiro atoms. The molecule has 2 aliphatic heterocycles. The molecule has 1 atom stereocenters. The molecule has 0 aliphatic carbocycles. The molecule has 0 N–H and O–H groups in total. The van der Waals surface area contributed by atoms with Crippen LogP contribution in [0, 0.1) is 5.92 Å². The quantitative estimate of drug-likeness (QED) is 0.629. The summed E-state index contributed by atoms with van der Waals surface area (Å²) >= 11 is 0. The van der Waals surface area contributed by atoms with Crippen LogP contribution in [0.15, 0.2) is 54.6 Å². The minimum absolute atomic E-state index is 0.104. The standard InChI is InChI=1S/C26H34N2O/c1-6-27(19-20(2)3)22-13-11-21(12-14-22)15-16-26-25(4,5)23-9-7-8-10-24(23)28(26)17-18-29-26/h7-16,20H,6,17-19H2,1-5H3/b16-15+. The molecule has 0 bridgehead atoms. The number of benzene rings is 2. The molecule has 3 heteroatoms. The highest BCUT2D eigenvalue weighted by Gasteiger charge is 2.58. The number of hydrogen-bond acceptors (Lipinski definition) is 3. The van der Waals surface area contributed by atoms with E-state index in [0.29, 0.717) is 5.92 Å². The average Bonchev–Trinajstić information content (AvgIpc) is 3.22. The SMILES string of the molecule is CCN(CC(C)C)c1ccc(/C=C/C23OCCN2c2ccccc2C3(C)C)cc1. The lowest BCUT2D eigenvalue weighted by Crippen LogP contribution is -2.51. The third-order valence-corrected chi connectivity index (χ3v) is 6.53. The van der Waals surface area contributed by atoms with Crippen molar-refractivity contribution < 1.29 is 4.74 Å². The van der Waals surface area contributed by atoms with E-state index in [9.17, 15) is 0 Å². The van der Waals surface area contributed by atoms with Crippen molar-refractivity contribution in [3.05, 3.63) is 65.7 Å². The molecule has 0 radical (unpaired) electrons. The van der Waals surface area contributed by atoms with E-state index < -0.39 is 5.72 Å². The Labute approximate surface area is 176 Å². The Kier molecular flexibility index (Phi) is 5.20. The van der Waals surface area contributed by atoms with Crippen molar-refractivity contribution in [3.63, 3.8) is 0 Å². The van der Waals surface area contributed by atoms with Crippen LogP contribution in [-0.2, 0) is 10.2 Å². The molecule has 1 fully saturated rings. The highest BCUT2D eigenvalue weighted by atomic mass is 16.5. The van der Waals surface area contributed by atoms with Gasteiger partial charge in [0.1, 0.15) is 0 Å². The molecule has 154 valence electrons. The summed E-state index contributed by atoms with van der Waals surface area (Å²) in [7, 11) is 0. The van der Waals surface area contributed by atoms with Crippen molar-refractivity contribution in [1.29, 1.82) is 0 Å². The summed E-state index contributed by atoms with van der Waals surface area (Å²) in [5.74, 6) is 0.658. The second-order valence-electron chi connectivity index (χ2n) is 9.20. The van der Waals surface area contributed by atoms with Crippen LogP contribution >= 0.6 is 0 Å². The smallest absolute Gasteiger partial charge is 0.170 e. The van der Waals surface area contributed by atoms with E-state index in [0.717, 1.165) is 26.2 Å². The van der Waals surface area contributed by atoms with E-state index in [1.165, 1.54) is 22.5 Å². The number of para-hydroxylation sites is 1. The summed E-state index contributed by atoms with van der Waals surface area (Å²) in [5.41, 5.74) is 4.67. The number of nitrogens with zero attached hydrogens (tertiary/aromatic N) is 2. The van der Waals surface area contributed by atoms with E-state index in [1.54, 1.807) is 0 Å². The van der Waals surface area contributed by atoms with Crippen LogP contribution in [-0.4, -0.2) is 32.0 Å². The zero-order chi connectivity index (χ0) is 20.6. The molecule has 0 aromatic heterocycles. The van der Waals surface area contributed by atoms with Gasteiger partial charge in [0.05, 0.1) is 6.61 Å². The Bertz CT molecular complexity index is 884. The van der Waals surface area contributed by atoms with Gasteiger partial charge in [-0.25, -0.2) is 0 Å². The maximum Gasteiger partial charge on any atom is 0.170 e. The number of hydrogen-bond donors (Lipinski definition) is 0. The number of ether oxygens (including phenoxy) is 1. The largest absolute Gasteiger partial charge is 0.372 e. The second-order valence-corrected chi connectivity index (χ2v) is 9.20. The van der Waals surface area contributed by atoms with Crippen LogP contribution in [0.25, 0.3) is 6.08 Å². The van der Waals surface area contributed by atoms with Crippen molar-refractivity contribution in [2.75, 3.05) is 36.0 Å². The fourth-order valence-electron chi connectivity index (χ4n) is 4.99. The Balaban J connectivity index is 1.61. The maximum absolute atomic E-state index is 6.44. The van der Waals surface area contributed by atoms with Gasteiger partial charge in [0.2, 0.25) is 0 Å². The minimum Gasteiger partial charge on any atom is -0.372 e. The van der Waals surface area contributed by atoms with Crippen LogP contribution in [0.5, 0.6) is 0 Å². The highest BCUT2D eigenvalue weighted by molar-refractivity contribution is 5.70. The van der Waals surface area contributed by atoms with E-state index in [1.807, 2.05) is 0 Å². The zero-order valence-corrected chi connectivity index (χ0v) is 18.5.